The van der Waals surface area contributed by atoms with Crippen molar-refractivity contribution in [3.05, 3.63) is 28.7 Å². The summed E-state index contributed by atoms with van der Waals surface area (Å²) in [6.07, 6.45) is 3.42. The van der Waals surface area contributed by atoms with Crippen molar-refractivity contribution in [1.29, 1.82) is 0 Å². The van der Waals surface area contributed by atoms with Crippen molar-refractivity contribution >= 4 is 46.3 Å². The maximum atomic E-state index is 12.4. The van der Waals surface area contributed by atoms with Crippen molar-refractivity contribution < 1.29 is 24.2 Å². The number of nitrogens with zero attached hydrogens (tertiary/aromatic N) is 1. The van der Waals surface area contributed by atoms with Gasteiger partial charge in [-0.15, -0.1) is 0 Å². The third-order valence-electron chi connectivity index (χ3n) is 3.65. The van der Waals surface area contributed by atoms with Gasteiger partial charge in [0.1, 0.15) is 4.32 Å². The minimum absolute atomic E-state index is 0.0122. The second-order valence-electron chi connectivity index (χ2n) is 5.57. The van der Waals surface area contributed by atoms with Crippen molar-refractivity contribution in [2.75, 3.05) is 20.3 Å². The van der Waals surface area contributed by atoms with E-state index in [1.807, 2.05) is 12.1 Å². The Balaban J connectivity index is 2.18. The number of carboxylic acid groups (broad SMARTS) is 1. The van der Waals surface area contributed by atoms with Crippen LogP contribution in [0.1, 0.15) is 31.7 Å². The highest BCUT2D eigenvalue weighted by Crippen LogP contribution is 2.34. The topological polar surface area (TPSA) is 78.9 Å². The molecular weight excluding hydrogens is 374 g/mol. The number of benzene rings is 1. The number of aliphatic carboxylic acids is 1. The molecule has 140 valence electrons. The lowest BCUT2D eigenvalue weighted by molar-refractivity contribution is -0.305. The first-order chi connectivity index (χ1) is 12.5. The molecule has 0 unspecified atom stereocenters. The maximum Gasteiger partial charge on any atom is 0.266 e. The fourth-order valence-corrected chi connectivity index (χ4v) is 3.58. The molecule has 0 bridgehead atoms. The number of thioether (sulfide) groups is 1. The van der Waals surface area contributed by atoms with Crippen molar-refractivity contribution in [2.24, 2.45) is 0 Å². The molecule has 1 amide bonds. The van der Waals surface area contributed by atoms with Gasteiger partial charge in [-0.3, -0.25) is 9.69 Å². The second-order valence-corrected chi connectivity index (χ2v) is 7.24. The van der Waals surface area contributed by atoms with Gasteiger partial charge in [0.05, 0.1) is 18.6 Å². The van der Waals surface area contributed by atoms with E-state index in [9.17, 15) is 14.7 Å². The largest absolute Gasteiger partial charge is 0.550 e. The Kier molecular flexibility index (Phi) is 7.47. The van der Waals surface area contributed by atoms with Gasteiger partial charge in [0, 0.05) is 18.9 Å². The van der Waals surface area contributed by atoms with E-state index in [0.29, 0.717) is 27.3 Å². The molecule has 1 heterocycles. The number of carboxylic acids is 1. The van der Waals surface area contributed by atoms with Crippen LogP contribution in [0.4, 0.5) is 0 Å². The highest BCUT2D eigenvalue weighted by molar-refractivity contribution is 8.26. The van der Waals surface area contributed by atoms with E-state index >= 15 is 0 Å². The van der Waals surface area contributed by atoms with Gasteiger partial charge in [0.25, 0.3) is 5.91 Å². The Labute approximate surface area is 162 Å². The Hall–Kier alpha value is -2.06. The van der Waals surface area contributed by atoms with Crippen molar-refractivity contribution in [3.63, 3.8) is 0 Å². The van der Waals surface area contributed by atoms with Crippen LogP contribution < -0.4 is 14.6 Å². The van der Waals surface area contributed by atoms with Gasteiger partial charge in [-0.05, 0) is 30.2 Å². The molecule has 0 N–H and O–H groups in total. The number of rotatable bonds is 9. The van der Waals surface area contributed by atoms with Gasteiger partial charge in [0.15, 0.2) is 11.5 Å². The summed E-state index contributed by atoms with van der Waals surface area (Å²) < 4.78 is 11.4. The summed E-state index contributed by atoms with van der Waals surface area (Å²) in [6, 6.07) is 5.41. The maximum absolute atomic E-state index is 12.4. The zero-order valence-electron chi connectivity index (χ0n) is 14.6. The molecule has 26 heavy (non-hydrogen) atoms. The Morgan fingerprint density at radius 3 is 2.81 bits per heavy atom. The fourth-order valence-electron chi connectivity index (χ4n) is 2.27. The number of carbonyl (C=O) groups is 2. The van der Waals surface area contributed by atoms with Gasteiger partial charge in [-0.25, -0.2) is 0 Å². The Bertz CT molecular complexity index is 732. The van der Waals surface area contributed by atoms with Crippen molar-refractivity contribution in [1.82, 2.24) is 4.90 Å². The molecule has 1 saturated heterocycles. The van der Waals surface area contributed by atoms with Crippen LogP contribution in [0.25, 0.3) is 6.08 Å². The number of methoxy groups -OCH3 is 1. The Morgan fingerprint density at radius 1 is 1.38 bits per heavy atom. The summed E-state index contributed by atoms with van der Waals surface area (Å²) in [5.74, 6) is -0.278. The summed E-state index contributed by atoms with van der Waals surface area (Å²) in [4.78, 5) is 24.8. The molecule has 1 aliphatic heterocycles. The average molecular weight is 394 g/mol. The van der Waals surface area contributed by atoms with Crippen LogP contribution in [0.2, 0.25) is 0 Å². The summed E-state index contributed by atoms with van der Waals surface area (Å²) in [6.45, 7) is 2.68. The van der Waals surface area contributed by atoms with Crippen LogP contribution in [-0.4, -0.2) is 41.4 Å². The van der Waals surface area contributed by atoms with Crippen LogP contribution in [0.5, 0.6) is 11.5 Å². The average Bonchev–Trinajstić information content (AvgIpc) is 2.87. The highest BCUT2D eigenvalue weighted by Gasteiger charge is 2.31. The normalized spacial score (nSPS) is 15.6. The van der Waals surface area contributed by atoms with Crippen LogP contribution >= 0.6 is 24.0 Å². The molecule has 0 atom stereocenters. The molecule has 8 heteroatoms. The monoisotopic (exact) mass is 394 g/mol. The lowest BCUT2D eigenvalue weighted by Gasteiger charge is -2.14. The number of thiocarbonyl (C=S) groups is 1. The number of unbranched alkanes of at least 4 members (excludes halogenated alkanes) is 1. The number of hydrogen-bond donors (Lipinski definition) is 0. The zero-order chi connectivity index (χ0) is 19.1. The molecule has 0 aliphatic carbocycles. The quantitative estimate of drug-likeness (QED) is 0.361. The predicted octanol–water partition coefficient (Wildman–Crippen LogP) is 2.22. The van der Waals surface area contributed by atoms with Crippen LogP contribution in [0.15, 0.2) is 23.1 Å². The van der Waals surface area contributed by atoms with E-state index < -0.39 is 5.97 Å². The zero-order valence-corrected chi connectivity index (χ0v) is 16.3. The van der Waals surface area contributed by atoms with Gasteiger partial charge >= 0.3 is 0 Å². The first kappa shape index (κ1) is 20.3. The summed E-state index contributed by atoms with van der Waals surface area (Å²) in [5.41, 5.74) is 0.776. The van der Waals surface area contributed by atoms with Crippen molar-refractivity contribution in [2.45, 2.75) is 26.2 Å². The molecule has 1 aromatic rings. The lowest BCUT2D eigenvalue weighted by Crippen LogP contribution is -2.33. The molecule has 0 radical (unpaired) electrons. The van der Waals surface area contributed by atoms with Crippen LogP contribution in [-0.2, 0) is 9.59 Å². The third-order valence-corrected chi connectivity index (χ3v) is 5.03. The number of carbonyl (C=O) groups excluding carboxylic acids is 2. The predicted molar refractivity (Wildman–Crippen MR) is 103 cm³/mol. The van der Waals surface area contributed by atoms with E-state index in [-0.39, 0.29) is 18.9 Å². The molecule has 0 spiro atoms. The molecule has 0 saturated carbocycles. The lowest BCUT2D eigenvalue weighted by atomic mass is 10.2. The van der Waals surface area contributed by atoms with E-state index in [4.69, 9.17) is 21.7 Å². The Morgan fingerprint density at radius 2 is 2.15 bits per heavy atom. The summed E-state index contributed by atoms with van der Waals surface area (Å²) in [5, 5.41) is 10.6. The number of hydrogen-bond acceptors (Lipinski definition) is 7. The molecule has 1 aliphatic rings. The molecule has 1 fully saturated rings. The standard InChI is InChI=1S/C18H21NO5S2/c1-3-4-9-24-14-10-12(5-6-13(14)23-2)11-15-17(22)19(18(25)26-15)8-7-16(20)21/h5-6,10-11H,3-4,7-9H2,1-2H3,(H,20,21)/p-1/b15-11-. The molecule has 2 rings (SSSR count). The number of amides is 1. The van der Waals surface area contributed by atoms with E-state index in [1.54, 1.807) is 19.3 Å². The van der Waals surface area contributed by atoms with Gasteiger partial charge in [-0.2, -0.15) is 0 Å². The first-order valence-electron chi connectivity index (χ1n) is 8.22. The fraction of sp³-hybridized carbons (Fsp3) is 0.389. The van der Waals surface area contributed by atoms with Gasteiger partial charge in [0.2, 0.25) is 0 Å². The minimum Gasteiger partial charge on any atom is -0.550 e. The molecule has 6 nitrogen and oxygen atoms in total. The van der Waals surface area contributed by atoms with Crippen molar-refractivity contribution in [3.8, 4) is 11.5 Å². The summed E-state index contributed by atoms with van der Waals surface area (Å²) >= 11 is 6.32. The van der Waals surface area contributed by atoms with Gasteiger partial charge in [-0.1, -0.05) is 43.4 Å². The van der Waals surface area contributed by atoms with Crippen LogP contribution in [0, 0.1) is 0 Å². The SMILES string of the molecule is CCCCOc1cc(/C=C2\SC(=S)N(CCC(=O)[O-])C2=O)ccc1OC. The summed E-state index contributed by atoms with van der Waals surface area (Å²) in [7, 11) is 1.57. The third kappa shape index (κ3) is 5.22. The number of ether oxygens (including phenoxy) is 2. The van der Waals surface area contributed by atoms with E-state index in [0.717, 1.165) is 30.2 Å². The molecule has 0 aromatic heterocycles. The molecular formula is C18H20NO5S2-. The first-order valence-corrected chi connectivity index (χ1v) is 9.44. The second kappa shape index (κ2) is 9.59. The van der Waals surface area contributed by atoms with Gasteiger partial charge < -0.3 is 19.4 Å². The van der Waals surface area contributed by atoms with E-state index in [2.05, 4.69) is 6.92 Å². The smallest absolute Gasteiger partial charge is 0.266 e. The minimum atomic E-state index is -1.22. The van der Waals surface area contributed by atoms with Crippen LogP contribution in [0.3, 0.4) is 0 Å². The van der Waals surface area contributed by atoms with E-state index in [1.165, 1.54) is 4.90 Å². The highest BCUT2D eigenvalue weighted by atomic mass is 32.2. The molecule has 1 aromatic carbocycles.